The lowest BCUT2D eigenvalue weighted by Crippen LogP contribution is -2.28. The van der Waals surface area contributed by atoms with Gasteiger partial charge in [0, 0.05) is 30.3 Å². The highest BCUT2D eigenvalue weighted by atomic mass is 16.3. The molecule has 1 aliphatic heterocycles. The van der Waals surface area contributed by atoms with E-state index < -0.39 is 5.91 Å². The summed E-state index contributed by atoms with van der Waals surface area (Å²) in [4.78, 5) is 15.7. The number of anilines is 1. The molecule has 0 aliphatic carbocycles. The Kier molecular flexibility index (Phi) is 5.00. The second kappa shape index (κ2) is 7.36. The number of piperidine rings is 1. The van der Waals surface area contributed by atoms with Crippen LogP contribution in [-0.2, 0) is 0 Å². The van der Waals surface area contributed by atoms with Crippen molar-refractivity contribution in [2.45, 2.75) is 18.8 Å². The van der Waals surface area contributed by atoms with Gasteiger partial charge >= 0.3 is 0 Å². The lowest BCUT2D eigenvalue weighted by molar-refractivity contribution is 0.100. The smallest absolute Gasteiger partial charge is 0.250 e. The molecule has 1 heterocycles. The molecule has 0 radical (unpaired) electrons. The van der Waals surface area contributed by atoms with Gasteiger partial charge in [-0.15, -0.1) is 0 Å². The van der Waals surface area contributed by atoms with Crippen LogP contribution in [0.1, 0.15) is 40.2 Å². The number of nitrogens with zero attached hydrogens (tertiary/aromatic N) is 1. The predicted molar refractivity (Wildman–Crippen MR) is 99.6 cm³/mol. The number of amides is 1. The fraction of sp³-hybridized carbons (Fsp3) is 0.263. The molecule has 2 aromatic rings. The van der Waals surface area contributed by atoms with Gasteiger partial charge in [0.25, 0.3) is 5.91 Å². The number of phenolic OH excluding ortho intramolecular Hbond substituents is 1. The van der Waals surface area contributed by atoms with Crippen LogP contribution in [-0.4, -0.2) is 30.3 Å². The van der Waals surface area contributed by atoms with Gasteiger partial charge in [0.05, 0.1) is 16.9 Å². The van der Waals surface area contributed by atoms with Crippen molar-refractivity contribution >= 4 is 23.5 Å². The fourth-order valence-corrected chi connectivity index (χ4v) is 3.13. The molecule has 1 fully saturated rings. The first-order chi connectivity index (χ1) is 12.1. The summed E-state index contributed by atoms with van der Waals surface area (Å²) in [5.74, 6) is 0.00715. The van der Waals surface area contributed by atoms with E-state index >= 15 is 0 Å². The average molecular weight is 338 g/mol. The quantitative estimate of drug-likeness (QED) is 0.506. The van der Waals surface area contributed by atoms with E-state index in [1.165, 1.54) is 0 Å². The monoisotopic (exact) mass is 338 g/mol. The third-order valence-electron chi connectivity index (χ3n) is 4.51. The van der Waals surface area contributed by atoms with Gasteiger partial charge in [-0.1, -0.05) is 18.2 Å². The highest BCUT2D eigenvalue weighted by Crippen LogP contribution is 2.33. The predicted octanol–water partition coefficient (Wildman–Crippen LogP) is 2.29. The molecule has 6 heteroatoms. The Bertz CT molecular complexity index is 811. The molecule has 1 atom stereocenters. The number of rotatable bonds is 4. The lowest BCUT2D eigenvalue weighted by atomic mass is 9.91. The highest BCUT2D eigenvalue weighted by Gasteiger charge is 2.18. The van der Waals surface area contributed by atoms with Crippen molar-refractivity contribution in [2.75, 3.05) is 18.8 Å². The van der Waals surface area contributed by atoms with E-state index in [4.69, 9.17) is 11.5 Å². The van der Waals surface area contributed by atoms with Gasteiger partial charge in [0.1, 0.15) is 5.75 Å². The van der Waals surface area contributed by atoms with Crippen LogP contribution in [0.3, 0.4) is 0 Å². The molecule has 0 aromatic heterocycles. The minimum atomic E-state index is -0.573. The minimum Gasteiger partial charge on any atom is -0.508 e. The molecule has 3 rings (SSSR count). The van der Waals surface area contributed by atoms with Gasteiger partial charge in [-0.25, -0.2) is 0 Å². The van der Waals surface area contributed by atoms with Crippen LogP contribution in [0.5, 0.6) is 5.75 Å². The fourth-order valence-electron chi connectivity index (χ4n) is 3.13. The van der Waals surface area contributed by atoms with Crippen molar-refractivity contribution in [2.24, 2.45) is 10.7 Å². The Hall–Kier alpha value is -2.86. The van der Waals surface area contributed by atoms with E-state index in [-0.39, 0.29) is 11.3 Å². The summed E-state index contributed by atoms with van der Waals surface area (Å²) in [6.45, 7) is 1.91. The Morgan fingerprint density at radius 1 is 1.32 bits per heavy atom. The van der Waals surface area contributed by atoms with Crippen molar-refractivity contribution < 1.29 is 9.90 Å². The molecule has 130 valence electrons. The Morgan fingerprint density at radius 3 is 2.84 bits per heavy atom. The van der Waals surface area contributed by atoms with Crippen molar-refractivity contribution in [3.63, 3.8) is 0 Å². The Labute approximate surface area is 146 Å². The van der Waals surface area contributed by atoms with Crippen LogP contribution in [0.2, 0.25) is 0 Å². The molecule has 0 spiro atoms. The number of nitrogen functional groups attached to an aromatic ring is 1. The summed E-state index contributed by atoms with van der Waals surface area (Å²) in [6.07, 6.45) is 3.75. The molecule has 6 nitrogen and oxygen atoms in total. The summed E-state index contributed by atoms with van der Waals surface area (Å²) in [5.41, 5.74) is 14.0. The molecule has 0 saturated carbocycles. The number of carbonyl (C=O) groups is 1. The standard InChI is InChI=1S/C19H22N4O2/c20-18-13(3-1-5-16(18)19(21)25)11-23-14-6-7-15(17(24)9-14)12-4-2-8-22-10-12/h1,3,5-7,9,11-12,22,24H,2,4,8,10,20H2,(H2,21,25)/t12-/m1/s1. The number of aromatic hydroxyl groups is 1. The minimum absolute atomic E-state index is 0.252. The summed E-state index contributed by atoms with van der Waals surface area (Å²) >= 11 is 0. The number of nitrogens with two attached hydrogens (primary N) is 2. The number of benzene rings is 2. The van der Waals surface area contributed by atoms with Crippen LogP contribution in [0.4, 0.5) is 11.4 Å². The van der Waals surface area contributed by atoms with Crippen molar-refractivity contribution in [1.29, 1.82) is 0 Å². The number of hydrogen-bond acceptors (Lipinski definition) is 5. The number of aliphatic imine (C=N–C) groups is 1. The normalized spacial score (nSPS) is 17.7. The van der Waals surface area contributed by atoms with E-state index in [1.54, 1.807) is 30.5 Å². The van der Waals surface area contributed by atoms with E-state index in [2.05, 4.69) is 10.3 Å². The molecule has 2 aromatic carbocycles. The maximum Gasteiger partial charge on any atom is 0.250 e. The van der Waals surface area contributed by atoms with E-state index in [0.29, 0.717) is 22.9 Å². The van der Waals surface area contributed by atoms with Crippen LogP contribution >= 0.6 is 0 Å². The summed E-state index contributed by atoms with van der Waals surface area (Å²) in [5, 5.41) is 13.7. The first-order valence-electron chi connectivity index (χ1n) is 8.32. The average Bonchev–Trinajstić information content (AvgIpc) is 2.61. The number of phenols is 1. The first kappa shape index (κ1) is 17.0. The molecular formula is C19H22N4O2. The second-order valence-electron chi connectivity index (χ2n) is 6.22. The largest absolute Gasteiger partial charge is 0.508 e. The topological polar surface area (TPSA) is 114 Å². The highest BCUT2D eigenvalue weighted by molar-refractivity contribution is 6.02. The maximum atomic E-state index is 11.3. The second-order valence-corrected chi connectivity index (χ2v) is 6.22. The zero-order chi connectivity index (χ0) is 17.8. The molecule has 6 N–H and O–H groups in total. The van der Waals surface area contributed by atoms with Gasteiger partial charge in [0.15, 0.2) is 0 Å². The third kappa shape index (κ3) is 3.80. The van der Waals surface area contributed by atoms with Crippen molar-refractivity contribution in [3.8, 4) is 5.75 Å². The number of para-hydroxylation sites is 1. The van der Waals surface area contributed by atoms with Crippen LogP contribution in [0, 0.1) is 0 Å². The molecule has 1 amide bonds. The van der Waals surface area contributed by atoms with Gasteiger partial charge in [-0.05, 0) is 37.1 Å². The van der Waals surface area contributed by atoms with Crippen molar-refractivity contribution in [3.05, 3.63) is 53.1 Å². The number of nitrogens with one attached hydrogen (secondary N) is 1. The van der Waals surface area contributed by atoms with Gasteiger partial charge < -0.3 is 21.9 Å². The molecule has 0 unspecified atom stereocenters. The SMILES string of the molecule is NC(=O)c1cccc(C=Nc2ccc([C@@H]3CCCNC3)c(O)c2)c1N. The zero-order valence-electron chi connectivity index (χ0n) is 13.9. The summed E-state index contributed by atoms with van der Waals surface area (Å²) in [7, 11) is 0. The van der Waals surface area contributed by atoms with Crippen LogP contribution < -0.4 is 16.8 Å². The molecule has 1 saturated heterocycles. The van der Waals surface area contributed by atoms with E-state index in [1.807, 2.05) is 12.1 Å². The van der Waals surface area contributed by atoms with Gasteiger partial charge in [0.2, 0.25) is 0 Å². The lowest BCUT2D eigenvalue weighted by Gasteiger charge is -2.23. The number of primary amides is 1. The molecule has 1 aliphatic rings. The summed E-state index contributed by atoms with van der Waals surface area (Å²) in [6, 6.07) is 10.5. The Balaban J connectivity index is 1.81. The third-order valence-corrected chi connectivity index (χ3v) is 4.51. The summed E-state index contributed by atoms with van der Waals surface area (Å²) < 4.78 is 0. The van der Waals surface area contributed by atoms with Gasteiger partial charge in [-0.3, -0.25) is 9.79 Å². The van der Waals surface area contributed by atoms with Crippen LogP contribution in [0.25, 0.3) is 0 Å². The van der Waals surface area contributed by atoms with E-state index in [9.17, 15) is 9.90 Å². The molecular weight excluding hydrogens is 316 g/mol. The van der Waals surface area contributed by atoms with E-state index in [0.717, 1.165) is 31.5 Å². The van der Waals surface area contributed by atoms with Gasteiger partial charge in [-0.2, -0.15) is 0 Å². The zero-order valence-corrected chi connectivity index (χ0v) is 13.9. The first-order valence-corrected chi connectivity index (χ1v) is 8.32. The maximum absolute atomic E-state index is 11.3. The Morgan fingerprint density at radius 2 is 2.16 bits per heavy atom. The number of carbonyl (C=O) groups excluding carboxylic acids is 1. The molecule has 25 heavy (non-hydrogen) atoms. The number of hydrogen-bond donors (Lipinski definition) is 4. The van der Waals surface area contributed by atoms with Crippen molar-refractivity contribution in [1.82, 2.24) is 5.32 Å². The van der Waals surface area contributed by atoms with Crippen LogP contribution in [0.15, 0.2) is 41.4 Å². The molecule has 0 bridgehead atoms.